The summed E-state index contributed by atoms with van der Waals surface area (Å²) in [4.78, 5) is 2.47. The Labute approximate surface area is 298 Å². The first-order chi connectivity index (χ1) is 25.3. The Morgan fingerprint density at radius 1 is 0.373 bits per heavy atom. The molecule has 0 radical (unpaired) electrons. The second-order valence-corrected chi connectivity index (χ2v) is 13.9. The third kappa shape index (κ3) is 4.11. The highest BCUT2D eigenvalue weighted by Gasteiger charge is 2.43. The molecule has 0 N–H and O–H groups in total. The van der Waals surface area contributed by atoms with Gasteiger partial charge >= 0.3 is 0 Å². The fraction of sp³-hybridized carbons (Fsp3) is 0.0204. The SMILES string of the molecule is c1ccc(N2c3ccccc3B3c4ccccc4C(c4ccccc4-c4ccc5c6ccccc6c6ccccc6c5c4)c4cccc2c43)cc1. The minimum absolute atomic E-state index is 0.0792. The molecule has 0 saturated heterocycles. The number of nitrogens with zero attached hydrogens (tertiary/aromatic N) is 1. The summed E-state index contributed by atoms with van der Waals surface area (Å²) in [7, 11) is 0. The molecule has 51 heavy (non-hydrogen) atoms. The van der Waals surface area contributed by atoms with Crippen molar-refractivity contribution in [1.29, 1.82) is 0 Å². The van der Waals surface area contributed by atoms with E-state index in [0.29, 0.717) is 0 Å². The predicted octanol–water partition coefficient (Wildman–Crippen LogP) is 10.6. The highest BCUT2D eigenvalue weighted by atomic mass is 15.1. The van der Waals surface area contributed by atoms with Crippen LogP contribution in [0.4, 0.5) is 17.1 Å². The van der Waals surface area contributed by atoms with E-state index in [2.05, 4.69) is 193 Å². The van der Waals surface area contributed by atoms with Crippen LogP contribution in [-0.2, 0) is 0 Å². The maximum Gasteiger partial charge on any atom is 0.247 e. The van der Waals surface area contributed by atoms with E-state index in [4.69, 9.17) is 0 Å². The average molecular weight is 646 g/mol. The molecular formula is C49H32BN. The number of anilines is 3. The van der Waals surface area contributed by atoms with Gasteiger partial charge in [0, 0.05) is 23.0 Å². The molecule has 0 amide bonds. The van der Waals surface area contributed by atoms with Crippen molar-refractivity contribution in [1.82, 2.24) is 0 Å². The maximum absolute atomic E-state index is 2.47. The van der Waals surface area contributed by atoms with Gasteiger partial charge in [0.15, 0.2) is 0 Å². The first-order valence-corrected chi connectivity index (χ1v) is 17.9. The van der Waals surface area contributed by atoms with Gasteiger partial charge in [0.05, 0.1) is 0 Å². The molecule has 0 bridgehead atoms. The fourth-order valence-electron chi connectivity index (χ4n) is 9.36. The summed E-state index contributed by atoms with van der Waals surface area (Å²) in [6, 6.07) is 70.0. The lowest BCUT2D eigenvalue weighted by Crippen LogP contribution is -2.61. The van der Waals surface area contributed by atoms with Crippen molar-refractivity contribution in [3.8, 4) is 11.1 Å². The monoisotopic (exact) mass is 645 g/mol. The molecule has 236 valence electrons. The van der Waals surface area contributed by atoms with Crippen molar-refractivity contribution in [3.63, 3.8) is 0 Å². The summed E-state index contributed by atoms with van der Waals surface area (Å²) in [5.74, 6) is 0.0792. The van der Waals surface area contributed by atoms with Crippen molar-refractivity contribution >= 4 is 72.5 Å². The lowest BCUT2D eigenvalue weighted by atomic mass is 9.31. The van der Waals surface area contributed by atoms with Gasteiger partial charge in [0.1, 0.15) is 0 Å². The van der Waals surface area contributed by atoms with Crippen LogP contribution in [0.15, 0.2) is 188 Å². The molecule has 2 aliphatic heterocycles. The Hall–Kier alpha value is -6.38. The first-order valence-electron chi connectivity index (χ1n) is 17.9. The molecule has 2 heteroatoms. The zero-order valence-corrected chi connectivity index (χ0v) is 28.0. The van der Waals surface area contributed by atoms with Gasteiger partial charge < -0.3 is 4.90 Å². The maximum atomic E-state index is 2.47. The molecule has 1 nitrogen and oxygen atoms in total. The largest absolute Gasteiger partial charge is 0.312 e. The molecule has 1 unspecified atom stereocenters. The van der Waals surface area contributed by atoms with Crippen LogP contribution in [0.25, 0.3) is 43.4 Å². The van der Waals surface area contributed by atoms with Crippen LogP contribution < -0.4 is 21.3 Å². The lowest BCUT2D eigenvalue weighted by molar-refractivity contribution is 0.986. The van der Waals surface area contributed by atoms with Crippen molar-refractivity contribution in [2.75, 3.05) is 4.90 Å². The smallest absolute Gasteiger partial charge is 0.247 e. The second-order valence-electron chi connectivity index (χ2n) is 13.9. The van der Waals surface area contributed by atoms with Gasteiger partial charge in [-0.15, -0.1) is 0 Å². The summed E-state index contributed by atoms with van der Waals surface area (Å²) in [6.45, 7) is 0.160. The molecular weight excluding hydrogens is 613 g/mol. The Morgan fingerprint density at radius 3 is 1.69 bits per heavy atom. The molecule has 0 aliphatic carbocycles. The third-order valence-electron chi connectivity index (χ3n) is 11.4. The van der Waals surface area contributed by atoms with Gasteiger partial charge in [0.25, 0.3) is 0 Å². The molecule has 2 heterocycles. The highest BCUT2D eigenvalue weighted by molar-refractivity contribution is 6.99. The minimum Gasteiger partial charge on any atom is -0.312 e. The van der Waals surface area contributed by atoms with Crippen LogP contribution in [0.3, 0.4) is 0 Å². The van der Waals surface area contributed by atoms with Gasteiger partial charge in [-0.2, -0.15) is 0 Å². The fourth-order valence-corrected chi connectivity index (χ4v) is 9.36. The molecule has 9 aromatic carbocycles. The topological polar surface area (TPSA) is 3.24 Å². The number of fused-ring (bicyclic) bond motifs is 10. The third-order valence-corrected chi connectivity index (χ3v) is 11.4. The van der Waals surface area contributed by atoms with Crippen molar-refractivity contribution in [3.05, 3.63) is 205 Å². The number of hydrogen-bond donors (Lipinski definition) is 0. The molecule has 0 aromatic heterocycles. The lowest BCUT2D eigenvalue weighted by Gasteiger charge is -2.43. The summed E-state index contributed by atoms with van der Waals surface area (Å²) < 4.78 is 0. The van der Waals surface area contributed by atoms with Crippen molar-refractivity contribution in [2.24, 2.45) is 0 Å². The van der Waals surface area contributed by atoms with E-state index in [-0.39, 0.29) is 12.6 Å². The molecule has 2 aliphatic rings. The normalized spacial score (nSPS) is 14.4. The van der Waals surface area contributed by atoms with E-state index in [1.54, 1.807) is 0 Å². The van der Waals surface area contributed by atoms with Crippen molar-refractivity contribution < 1.29 is 0 Å². The highest BCUT2D eigenvalue weighted by Crippen LogP contribution is 2.45. The Balaban J connectivity index is 1.17. The van der Waals surface area contributed by atoms with E-state index in [1.165, 1.54) is 93.6 Å². The van der Waals surface area contributed by atoms with Crippen LogP contribution in [-0.4, -0.2) is 6.71 Å². The van der Waals surface area contributed by atoms with Crippen LogP contribution >= 0.6 is 0 Å². The Bertz CT molecular complexity index is 2800. The summed E-state index contributed by atoms with van der Waals surface area (Å²) in [5.41, 5.74) is 14.5. The molecule has 0 spiro atoms. The Kier molecular flexibility index (Phi) is 6.18. The minimum atomic E-state index is 0.0792. The van der Waals surface area contributed by atoms with E-state index in [1.807, 2.05) is 0 Å². The van der Waals surface area contributed by atoms with Gasteiger partial charge in [-0.3, -0.25) is 0 Å². The number of hydrogen-bond acceptors (Lipinski definition) is 1. The number of para-hydroxylation sites is 2. The second kappa shape index (κ2) is 11.1. The summed E-state index contributed by atoms with van der Waals surface area (Å²) in [5, 5.41) is 7.81. The number of rotatable bonds is 3. The first kappa shape index (κ1) is 28.5. The standard InChI is InChI=1S/C49H32BN/c1-2-15-33(16-3-1)51-46-27-13-12-26-45(46)50-44-25-11-10-23-41(44)48(42-24-14-28-47(51)49(42)50)40-22-9-4-17-34(40)32-29-30-39-37-20-6-5-18-35(37)36-19-7-8-21-38(36)43(39)31-32/h1-31,48H. The van der Waals surface area contributed by atoms with Crippen LogP contribution in [0.2, 0.25) is 0 Å². The Morgan fingerprint density at radius 2 is 0.922 bits per heavy atom. The van der Waals surface area contributed by atoms with Gasteiger partial charge in [-0.05, 0) is 101 Å². The van der Waals surface area contributed by atoms with Crippen LogP contribution in [0, 0.1) is 0 Å². The van der Waals surface area contributed by atoms with E-state index in [0.717, 1.165) is 0 Å². The van der Waals surface area contributed by atoms with E-state index >= 15 is 0 Å². The van der Waals surface area contributed by atoms with Gasteiger partial charge in [0.2, 0.25) is 6.71 Å². The van der Waals surface area contributed by atoms with Crippen molar-refractivity contribution in [2.45, 2.75) is 5.92 Å². The molecule has 1 atom stereocenters. The van der Waals surface area contributed by atoms with E-state index < -0.39 is 0 Å². The van der Waals surface area contributed by atoms with Crippen LogP contribution in [0.5, 0.6) is 0 Å². The number of benzene rings is 9. The zero-order chi connectivity index (χ0) is 33.5. The average Bonchev–Trinajstić information content (AvgIpc) is 3.21. The van der Waals surface area contributed by atoms with Gasteiger partial charge in [-0.1, -0.05) is 163 Å². The molecule has 0 fully saturated rings. The summed E-state index contributed by atoms with van der Waals surface area (Å²) in [6.07, 6.45) is 0. The predicted molar refractivity (Wildman–Crippen MR) is 218 cm³/mol. The van der Waals surface area contributed by atoms with Gasteiger partial charge in [-0.25, -0.2) is 0 Å². The molecule has 0 saturated carbocycles. The quantitative estimate of drug-likeness (QED) is 0.137. The zero-order valence-electron chi connectivity index (χ0n) is 28.0. The van der Waals surface area contributed by atoms with Crippen LogP contribution in [0.1, 0.15) is 22.6 Å². The molecule has 9 aromatic rings. The molecule has 11 rings (SSSR count). The van der Waals surface area contributed by atoms with E-state index in [9.17, 15) is 0 Å². The summed E-state index contributed by atoms with van der Waals surface area (Å²) >= 11 is 0.